The first-order valence-electron chi connectivity index (χ1n) is 7.87. The molecule has 2 fully saturated rings. The third kappa shape index (κ3) is 3.86. The summed E-state index contributed by atoms with van der Waals surface area (Å²) in [6, 6.07) is 0. The van der Waals surface area contributed by atoms with Gasteiger partial charge in [0.05, 0.1) is 7.11 Å². The van der Waals surface area contributed by atoms with Crippen molar-refractivity contribution in [1.29, 1.82) is 0 Å². The van der Waals surface area contributed by atoms with Gasteiger partial charge in [0.1, 0.15) is 5.54 Å². The van der Waals surface area contributed by atoms with E-state index in [4.69, 9.17) is 4.74 Å². The van der Waals surface area contributed by atoms with Crippen LogP contribution in [0.2, 0.25) is 0 Å². The van der Waals surface area contributed by atoms with E-state index in [-0.39, 0.29) is 11.9 Å². The number of esters is 1. The molecular weight excluding hydrogens is 266 g/mol. The number of hydrogen-bond acceptors (Lipinski definition) is 3. The lowest BCUT2D eigenvalue weighted by molar-refractivity contribution is -0.145. The third-order valence-electron chi connectivity index (χ3n) is 4.88. The van der Waals surface area contributed by atoms with E-state index in [2.05, 4.69) is 26.1 Å². The molecule has 0 heterocycles. The van der Waals surface area contributed by atoms with Gasteiger partial charge < -0.3 is 10.1 Å². The lowest BCUT2D eigenvalue weighted by Gasteiger charge is -2.34. The third-order valence-corrected chi connectivity index (χ3v) is 4.88. The van der Waals surface area contributed by atoms with Crippen molar-refractivity contribution in [1.82, 2.24) is 5.32 Å². The minimum atomic E-state index is -0.745. The van der Waals surface area contributed by atoms with Crippen molar-refractivity contribution < 1.29 is 14.3 Å². The van der Waals surface area contributed by atoms with Gasteiger partial charge in [0.15, 0.2) is 0 Å². The monoisotopic (exact) mass is 293 g/mol. The number of allylic oxidation sites excluding steroid dienone is 1. The number of carbonyl (C=O) groups is 2. The summed E-state index contributed by atoms with van der Waals surface area (Å²) in [5.41, 5.74) is 0.802. The summed E-state index contributed by atoms with van der Waals surface area (Å²) in [6.07, 6.45) is 7.32. The van der Waals surface area contributed by atoms with Gasteiger partial charge in [-0.15, -0.1) is 0 Å². The Balaban J connectivity index is 1.87. The van der Waals surface area contributed by atoms with Crippen LogP contribution in [0.4, 0.5) is 0 Å². The van der Waals surface area contributed by atoms with Gasteiger partial charge in [-0.2, -0.15) is 0 Å². The zero-order valence-corrected chi connectivity index (χ0v) is 13.6. The Labute approximate surface area is 127 Å². The van der Waals surface area contributed by atoms with E-state index in [9.17, 15) is 9.59 Å². The van der Waals surface area contributed by atoms with E-state index in [0.29, 0.717) is 18.3 Å². The number of rotatable bonds is 3. The molecule has 2 rings (SSSR count). The smallest absolute Gasteiger partial charge is 0.331 e. The molecule has 1 N–H and O–H groups in total. The van der Waals surface area contributed by atoms with Crippen LogP contribution in [0, 0.1) is 11.3 Å². The molecular formula is C17H27NO3. The van der Waals surface area contributed by atoms with Gasteiger partial charge >= 0.3 is 5.97 Å². The van der Waals surface area contributed by atoms with E-state index in [0.717, 1.165) is 31.6 Å². The zero-order chi connectivity index (χ0) is 15.7. The number of methoxy groups -OCH3 is 1. The second-order valence-electron chi connectivity index (χ2n) is 7.51. The van der Waals surface area contributed by atoms with Gasteiger partial charge in [-0.1, -0.05) is 26.3 Å². The molecule has 118 valence electrons. The molecule has 4 nitrogen and oxygen atoms in total. The van der Waals surface area contributed by atoms with Crippen molar-refractivity contribution in [3.63, 3.8) is 0 Å². The second kappa shape index (κ2) is 5.82. The Kier molecular flexibility index (Phi) is 4.45. The molecule has 0 aromatic rings. The highest BCUT2D eigenvalue weighted by molar-refractivity contribution is 5.95. The Bertz CT molecular complexity index is 445. The molecule has 21 heavy (non-hydrogen) atoms. The molecule has 0 radical (unpaired) electrons. The number of ether oxygens (including phenoxy) is 1. The van der Waals surface area contributed by atoms with Crippen LogP contribution in [0.15, 0.2) is 11.6 Å². The fourth-order valence-electron chi connectivity index (χ4n) is 3.16. The summed E-state index contributed by atoms with van der Waals surface area (Å²) in [4.78, 5) is 23.7. The van der Waals surface area contributed by atoms with Crippen LogP contribution in [0.5, 0.6) is 0 Å². The first kappa shape index (κ1) is 16.1. The van der Waals surface area contributed by atoms with E-state index in [1.165, 1.54) is 12.7 Å². The van der Waals surface area contributed by atoms with Crippen molar-refractivity contribution in [2.75, 3.05) is 7.11 Å². The van der Waals surface area contributed by atoms with Gasteiger partial charge in [-0.25, -0.2) is 4.79 Å². The molecule has 2 aliphatic carbocycles. The van der Waals surface area contributed by atoms with Crippen LogP contribution in [-0.2, 0) is 14.3 Å². The Morgan fingerprint density at radius 1 is 1.24 bits per heavy atom. The Hall–Kier alpha value is -1.32. The van der Waals surface area contributed by atoms with Crippen LogP contribution >= 0.6 is 0 Å². The maximum atomic E-state index is 12.1. The molecule has 0 saturated heterocycles. The van der Waals surface area contributed by atoms with E-state index in [1.807, 2.05) is 0 Å². The largest absolute Gasteiger partial charge is 0.467 e. The predicted molar refractivity (Wildman–Crippen MR) is 81.6 cm³/mol. The summed E-state index contributed by atoms with van der Waals surface area (Å²) in [7, 11) is 1.36. The fraction of sp³-hybridized carbons (Fsp3) is 0.765. The standard InChI is InChI=1S/C17H27NO3/c1-16(2,3)13-7-5-12(6-8-13)11-14(19)18-17(9-10-17)15(20)21-4/h11,13H,5-10H2,1-4H3,(H,18,19). The van der Waals surface area contributed by atoms with Crippen molar-refractivity contribution in [2.45, 2.75) is 64.8 Å². The molecule has 0 aromatic carbocycles. The lowest BCUT2D eigenvalue weighted by Crippen LogP contribution is -2.43. The Morgan fingerprint density at radius 2 is 1.81 bits per heavy atom. The van der Waals surface area contributed by atoms with Crippen LogP contribution in [0.3, 0.4) is 0 Å². The summed E-state index contributed by atoms with van der Waals surface area (Å²) < 4.78 is 4.75. The molecule has 0 spiro atoms. The average Bonchev–Trinajstić information content (AvgIpc) is 3.18. The van der Waals surface area contributed by atoms with Gasteiger partial charge in [-0.05, 0) is 49.9 Å². The van der Waals surface area contributed by atoms with E-state index < -0.39 is 5.54 Å². The second-order valence-corrected chi connectivity index (χ2v) is 7.51. The number of carbonyl (C=O) groups excluding carboxylic acids is 2. The van der Waals surface area contributed by atoms with Gasteiger partial charge in [0.25, 0.3) is 0 Å². The van der Waals surface area contributed by atoms with Gasteiger partial charge in [0.2, 0.25) is 5.91 Å². The molecule has 2 saturated carbocycles. The topological polar surface area (TPSA) is 55.4 Å². The molecule has 0 bridgehead atoms. The summed E-state index contributed by atoms with van der Waals surface area (Å²) in [6.45, 7) is 6.85. The maximum Gasteiger partial charge on any atom is 0.331 e. The molecule has 1 amide bonds. The highest BCUT2D eigenvalue weighted by Gasteiger charge is 2.52. The molecule has 0 atom stereocenters. The SMILES string of the molecule is COC(=O)C1(NC(=O)C=C2CCC(C(C)(C)C)CC2)CC1. The molecule has 2 aliphatic rings. The van der Waals surface area contributed by atoms with E-state index in [1.54, 1.807) is 6.08 Å². The van der Waals surface area contributed by atoms with Crippen molar-refractivity contribution >= 4 is 11.9 Å². The highest BCUT2D eigenvalue weighted by Crippen LogP contribution is 2.40. The fourth-order valence-corrected chi connectivity index (χ4v) is 3.16. The minimum absolute atomic E-state index is 0.151. The summed E-state index contributed by atoms with van der Waals surface area (Å²) >= 11 is 0. The highest BCUT2D eigenvalue weighted by atomic mass is 16.5. The molecule has 0 aliphatic heterocycles. The van der Waals surface area contributed by atoms with Crippen LogP contribution in [0.1, 0.15) is 59.3 Å². The first-order chi connectivity index (χ1) is 9.77. The van der Waals surface area contributed by atoms with Crippen LogP contribution < -0.4 is 5.32 Å². The van der Waals surface area contributed by atoms with Crippen molar-refractivity contribution in [3.8, 4) is 0 Å². The minimum Gasteiger partial charge on any atom is -0.467 e. The summed E-state index contributed by atoms with van der Waals surface area (Å²) in [5.74, 6) is 0.246. The van der Waals surface area contributed by atoms with Crippen molar-refractivity contribution in [3.05, 3.63) is 11.6 Å². The molecule has 0 aromatic heterocycles. The quantitative estimate of drug-likeness (QED) is 0.643. The predicted octanol–water partition coefficient (Wildman–Crippen LogP) is 2.97. The maximum absolute atomic E-state index is 12.1. The number of amides is 1. The Morgan fingerprint density at radius 3 is 2.24 bits per heavy atom. The molecule has 4 heteroatoms. The van der Waals surface area contributed by atoms with E-state index >= 15 is 0 Å². The zero-order valence-electron chi connectivity index (χ0n) is 13.6. The lowest BCUT2D eigenvalue weighted by atomic mass is 9.71. The van der Waals surface area contributed by atoms with Crippen LogP contribution in [0.25, 0.3) is 0 Å². The number of nitrogens with one attached hydrogen (secondary N) is 1. The normalized spacial score (nSPS) is 24.2. The summed E-state index contributed by atoms with van der Waals surface area (Å²) in [5, 5.41) is 2.82. The van der Waals surface area contributed by atoms with Crippen LogP contribution in [-0.4, -0.2) is 24.5 Å². The first-order valence-corrected chi connectivity index (χ1v) is 7.87. The average molecular weight is 293 g/mol. The van der Waals surface area contributed by atoms with Crippen molar-refractivity contribution in [2.24, 2.45) is 11.3 Å². The molecule has 0 unspecified atom stereocenters. The number of hydrogen-bond donors (Lipinski definition) is 1. The van der Waals surface area contributed by atoms with Gasteiger partial charge in [0, 0.05) is 6.08 Å². The van der Waals surface area contributed by atoms with Gasteiger partial charge in [-0.3, -0.25) is 4.79 Å².